The summed E-state index contributed by atoms with van der Waals surface area (Å²) in [5.41, 5.74) is 1.16. The molecule has 0 spiro atoms. The van der Waals surface area contributed by atoms with Gasteiger partial charge in [0, 0.05) is 11.6 Å². The molecule has 1 heterocycles. The second kappa shape index (κ2) is 7.11. The molecule has 1 aliphatic rings. The quantitative estimate of drug-likeness (QED) is 0.676. The molecule has 2 atom stereocenters. The van der Waals surface area contributed by atoms with Crippen molar-refractivity contribution in [1.82, 2.24) is 4.98 Å². The third-order valence-electron chi connectivity index (χ3n) is 5.37. The van der Waals surface area contributed by atoms with Crippen molar-refractivity contribution in [3.63, 3.8) is 0 Å². The van der Waals surface area contributed by atoms with Gasteiger partial charge in [-0.3, -0.25) is 4.79 Å². The number of pyridine rings is 1. The Morgan fingerprint density at radius 3 is 2.43 bits per heavy atom. The first-order valence-electron chi connectivity index (χ1n) is 9.26. The molecule has 1 saturated carbocycles. The van der Waals surface area contributed by atoms with E-state index in [1.54, 1.807) is 43.5 Å². The minimum absolute atomic E-state index is 0.333. The van der Waals surface area contributed by atoms with E-state index in [9.17, 15) is 9.90 Å². The van der Waals surface area contributed by atoms with Crippen LogP contribution >= 0.6 is 0 Å². The van der Waals surface area contributed by atoms with Gasteiger partial charge in [-0.25, -0.2) is 0 Å². The highest BCUT2D eigenvalue weighted by atomic mass is 16.5. The number of aromatic nitrogens is 1. The molecule has 0 radical (unpaired) electrons. The van der Waals surface area contributed by atoms with Crippen molar-refractivity contribution in [1.29, 1.82) is 0 Å². The number of ether oxygens (including phenoxy) is 3. The number of hydrogen-bond acceptors (Lipinski definition) is 5. The number of nitrogens with one attached hydrogen (secondary N) is 1. The molecule has 1 aliphatic carbocycles. The van der Waals surface area contributed by atoms with Gasteiger partial charge in [0.25, 0.3) is 0 Å². The Hall–Kier alpha value is -3.15. The summed E-state index contributed by atoms with van der Waals surface area (Å²) in [4.78, 5) is 15.9. The Labute approximate surface area is 162 Å². The van der Waals surface area contributed by atoms with Gasteiger partial charge in [-0.1, -0.05) is 6.92 Å². The fraction of sp³-hybridized carbons (Fsp3) is 0.318. The molecule has 3 aromatic rings. The van der Waals surface area contributed by atoms with Crippen LogP contribution in [0.25, 0.3) is 22.2 Å². The molecule has 2 N–H and O–H groups in total. The van der Waals surface area contributed by atoms with Crippen LogP contribution in [0.3, 0.4) is 0 Å². The minimum Gasteiger partial charge on any atom is -0.503 e. The highest BCUT2D eigenvalue weighted by molar-refractivity contribution is 5.87. The minimum atomic E-state index is -0.458. The Balaban J connectivity index is 1.79. The fourth-order valence-corrected chi connectivity index (χ4v) is 3.35. The number of hydrogen-bond donors (Lipinski definition) is 2. The number of fused-ring (bicyclic) bond motifs is 1. The molecule has 1 unspecified atom stereocenters. The predicted molar refractivity (Wildman–Crippen MR) is 108 cm³/mol. The van der Waals surface area contributed by atoms with Crippen LogP contribution in [-0.4, -0.2) is 30.9 Å². The number of methoxy groups -OCH3 is 2. The summed E-state index contributed by atoms with van der Waals surface area (Å²) < 4.78 is 16.5. The molecule has 0 amide bonds. The van der Waals surface area contributed by atoms with Crippen molar-refractivity contribution in [3.8, 4) is 34.3 Å². The van der Waals surface area contributed by atoms with Crippen molar-refractivity contribution >= 4 is 10.9 Å². The third kappa shape index (κ3) is 3.26. The molecule has 0 saturated heterocycles. The summed E-state index contributed by atoms with van der Waals surface area (Å²) in [6.07, 6.45) is 1.17. The largest absolute Gasteiger partial charge is 0.503 e. The van der Waals surface area contributed by atoms with Gasteiger partial charge in [0.1, 0.15) is 5.75 Å². The van der Waals surface area contributed by atoms with E-state index in [0.717, 1.165) is 0 Å². The van der Waals surface area contributed by atoms with E-state index in [4.69, 9.17) is 14.2 Å². The Bertz CT molecular complexity index is 1070. The normalized spacial score (nSPS) is 18.1. The average Bonchev–Trinajstić information content (AvgIpc) is 3.43. The van der Waals surface area contributed by atoms with Crippen molar-refractivity contribution in [3.05, 3.63) is 46.6 Å². The number of rotatable bonds is 6. The van der Waals surface area contributed by atoms with Gasteiger partial charge in [0.05, 0.1) is 37.4 Å². The van der Waals surface area contributed by atoms with Gasteiger partial charge in [0.2, 0.25) is 5.43 Å². The smallest absolute Gasteiger partial charge is 0.231 e. The Morgan fingerprint density at radius 2 is 1.82 bits per heavy atom. The zero-order valence-corrected chi connectivity index (χ0v) is 16.1. The third-order valence-corrected chi connectivity index (χ3v) is 5.37. The van der Waals surface area contributed by atoms with Crippen molar-refractivity contribution in [2.45, 2.75) is 13.3 Å². The maximum atomic E-state index is 12.8. The number of aromatic hydroxyl groups is 1. The van der Waals surface area contributed by atoms with Gasteiger partial charge in [-0.2, -0.15) is 0 Å². The van der Waals surface area contributed by atoms with E-state index in [1.807, 2.05) is 0 Å². The summed E-state index contributed by atoms with van der Waals surface area (Å²) >= 11 is 0. The number of aromatic amines is 1. The summed E-state index contributed by atoms with van der Waals surface area (Å²) in [6, 6.07) is 10.5. The summed E-state index contributed by atoms with van der Waals surface area (Å²) in [5, 5.41) is 10.8. The highest BCUT2D eigenvalue weighted by Crippen LogP contribution is 2.40. The molecule has 1 fully saturated rings. The van der Waals surface area contributed by atoms with Gasteiger partial charge in [0.15, 0.2) is 17.2 Å². The van der Waals surface area contributed by atoms with Crippen LogP contribution in [-0.2, 0) is 0 Å². The molecule has 0 aliphatic heterocycles. The van der Waals surface area contributed by atoms with E-state index >= 15 is 0 Å². The first kappa shape index (κ1) is 18.2. The summed E-state index contributed by atoms with van der Waals surface area (Å²) in [7, 11) is 3.12. The topological polar surface area (TPSA) is 80.8 Å². The number of H-pyrrole nitrogens is 1. The first-order chi connectivity index (χ1) is 13.5. The Morgan fingerprint density at radius 1 is 1.11 bits per heavy atom. The summed E-state index contributed by atoms with van der Waals surface area (Å²) in [5.74, 6) is 2.67. The molecule has 6 heteroatoms. The maximum Gasteiger partial charge on any atom is 0.231 e. The van der Waals surface area contributed by atoms with E-state index in [-0.39, 0.29) is 5.75 Å². The van der Waals surface area contributed by atoms with Crippen LogP contribution in [0.2, 0.25) is 0 Å². The second-order valence-electron chi connectivity index (χ2n) is 7.24. The van der Waals surface area contributed by atoms with Crippen LogP contribution < -0.4 is 19.6 Å². The molecule has 28 heavy (non-hydrogen) atoms. The zero-order valence-electron chi connectivity index (χ0n) is 16.1. The SMILES string of the molecule is COc1ccc(-c2[nH]c3cc(OC[C@H]4CC4C)c(OC)cc3c(=O)c2O)cc1. The van der Waals surface area contributed by atoms with E-state index < -0.39 is 5.43 Å². The van der Waals surface area contributed by atoms with Crippen molar-refractivity contribution in [2.75, 3.05) is 20.8 Å². The van der Waals surface area contributed by atoms with Crippen LogP contribution in [0.5, 0.6) is 23.0 Å². The van der Waals surface area contributed by atoms with Crippen LogP contribution in [0.1, 0.15) is 13.3 Å². The lowest BCUT2D eigenvalue weighted by Crippen LogP contribution is -2.07. The average molecular weight is 381 g/mol. The van der Waals surface area contributed by atoms with Gasteiger partial charge in [-0.05, 0) is 48.6 Å². The van der Waals surface area contributed by atoms with E-state index in [0.29, 0.717) is 57.9 Å². The monoisotopic (exact) mass is 381 g/mol. The lowest BCUT2D eigenvalue weighted by Gasteiger charge is -2.13. The lowest BCUT2D eigenvalue weighted by atomic mass is 10.1. The summed E-state index contributed by atoms with van der Waals surface area (Å²) in [6.45, 7) is 2.82. The molecule has 4 rings (SSSR count). The lowest BCUT2D eigenvalue weighted by molar-refractivity contribution is 0.276. The second-order valence-corrected chi connectivity index (χ2v) is 7.24. The van der Waals surface area contributed by atoms with Crippen molar-refractivity contribution < 1.29 is 19.3 Å². The predicted octanol–water partition coefficient (Wildman–Crippen LogP) is 3.95. The van der Waals surface area contributed by atoms with Crippen molar-refractivity contribution in [2.24, 2.45) is 11.8 Å². The first-order valence-corrected chi connectivity index (χ1v) is 9.26. The van der Waals surface area contributed by atoms with Gasteiger partial charge < -0.3 is 24.3 Å². The molecule has 6 nitrogen and oxygen atoms in total. The van der Waals surface area contributed by atoms with Gasteiger partial charge >= 0.3 is 0 Å². The number of benzene rings is 2. The Kier molecular flexibility index (Phi) is 4.63. The van der Waals surface area contributed by atoms with Crippen LogP contribution in [0.4, 0.5) is 0 Å². The van der Waals surface area contributed by atoms with Crippen LogP contribution in [0, 0.1) is 11.8 Å². The van der Waals surface area contributed by atoms with Gasteiger partial charge in [-0.15, -0.1) is 0 Å². The molecular formula is C22H23NO5. The fourth-order valence-electron chi connectivity index (χ4n) is 3.35. The zero-order chi connectivity index (χ0) is 19.8. The highest BCUT2D eigenvalue weighted by Gasteiger charge is 2.33. The van der Waals surface area contributed by atoms with E-state index in [1.165, 1.54) is 13.5 Å². The van der Waals surface area contributed by atoms with E-state index in [2.05, 4.69) is 11.9 Å². The maximum absolute atomic E-state index is 12.8. The molecule has 0 bridgehead atoms. The molecule has 146 valence electrons. The molecular weight excluding hydrogens is 358 g/mol. The standard InChI is InChI=1S/C22H23NO5/c1-12-8-14(12)11-28-19-10-17-16(9-18(19)27-3)21(24)22(25)20(23-17)13-4-6-15(26-2)7-5-13/h4-7,9-10,12,14,25H,8,11H2,1-3H3,(H,23,24)/t12?,14-/m1/s1. The molecule has 2 aromatic carbocycles. The van der Waals surface area contributed by atoms with Crippen LogP contribution in [0.15, 0.2) is 41.2 Å². The molecule has 1 aromatic heterocycles.